The Morgan fingerprint density at radius 2 is 1.73 bits per heavy atom. The van der Waals surface area contributed by atoms with Crippen molar-refractivity contribution in [3.05, 3.63) is 0 Å². The molecule has 0 unspecified atom stereocenters. The summed E-state index contributed by atoms with van der Waals surface area (Å²) in [6.45, 7) is 4.58. The first-order valence-electron chi connectivity index (χ1n) is 6.22. The smallest absolute Gasteiger partial charge is 0.225 e. The van der Waals surface area contributed by atoms with Gasteiger partial charge in [0.05, 0.1) is 0 Å². The van der Waals surface area contributed by atoms with Gasteiger partial charge in [0.2, 0.25) is 5.91 Å². The summed E-state index contributed by atoms with van der Waals surface area (Å²) in [5, 5.41) is 0. The maximum atomic E-state index is 11.8. The maximum absolute atomic E-state index is 11.8. The van der Waals surface area contributed by atoms with Crippen LogP contribution in [0.25, 0.3) is 0 Å². The highest BCUT2D eigenvalue weighted by Crippen LogP contribution is 2.33. The summed E-state index contributed by atoms with van der Waals surface area (Å²) in [7, 11) is 3.73. The summed E-state index contributed by atoms with van der Waals surface area (Å²) in [6.07, 6.45) is 6.05. The van der Waals surface area contributed by atoms with Crippen LogP contribution in [-0.4, -0.2) is 24.9 Å². The van der Waals surface area contributed by atoms with E-state index in [1.165, 1.54) is 19.3 Å². The zero-order valence-electron chi connectivity index (χ0n) is 10.6. The number of carbonyl (C=O) groups is 1. The van der Waals surface area contributed by atoms with Crippen LogP contribution in [-0.2, 0) is 4.79 Å². The second kappa shape index (κ2) is 5.53. The molecule has 15 heavy (non-hydrogen) atoms. The van der Waals surface area contributed by atoms with Crippen LogP contribution in [0.2, 0.25) is 0 Å². The lowest BCUT2D eigenvalue weighted by molar-refractivity contribution is -0.134. The van der Waals surface area contributed by atoms with E-state index in [1.54, 1.807) is 4.90 Å². The van der Waals surface area contributed by atoms with E-state index in [1.807, 2.05) is 14.1 Å². The molecule has 1 amide bonds. The molecule has 2 nitrogen and oxygen atoms in total. The van der Waals surface area contributed by atoms with Crippen molar-refractivity contribution in [3.63, 3.8) is 0 Å². The number of hydrogen-bond acceptors (Lipinski definition) is 1. The topological polar surface area (TPSA) is 20.3 Å². The third-order valence-corrected chi connectivity index (χ3v) is 3.44. The van der Waals surface area contributed by atoms with Crippen LogP contribution < -0.4 is 0 Å². The van der Waals surface area contributed by atoms with Crippen molar-refractivity contribution in [1.82, 2.24) is 4.90 Å². The molecule has 1 aliphatic rings. The Morgan fingerprint density at radius 1 is 1.20 bits per heavy atom. The summed E-state index contributed by atoms with van der Waals surface area (Å²) < 4.78 is 0. The molecule has 0 aromatic heterocycles. The Bertz CT molecular complexity index is 203. The molecule has 1 rings (SSSR count). The van der Waals surface area contributed by atoms with Crippen molar-refractivity contribution < 1.29 is 4.79 Å². The molecule has 2 heteroatoms. The monoisotopic (exact) mass is 211 g/mol. The van der Waals surface area contributed by atoms with E-state index >= 15 is 0 Å². The zero-order chi connectivity index (χ0) is 11.4. The molecule has 0 radical (unpaired) electrons. The van der Waals surface area contributed by atoms with Gasteiger partial charge in [-0.2, -0.15) is 0 Å². The molecule has 0 aliphatic heterocycles. The van der Waals surface area contributed by atoms with Gasteiger partial charge in [-0.25, -0.2) is 0 Å². The Balaban J connectivity index is 2.32. The van der Waals surface area contributed by atoms with E-state index in [9.17, 15) is 4.79 Å². The molecule has 0 heterocycles. The van der Waals surface area contributed by atoms with Crippen molar-refractivity contribution >= 4 is 5.91 Å². The second-order valence-electron chi connectivity index (χ2n) is 5.58. The number of rotatable bonds is 3. The molecule has 0 spiro atoms. The minimum absolute atomic E-state index is 0.309. The van der Waals surface area contributed by atoms with Crippen molar-refractivity contribution in [2.75, 3.05) is 14.1 Å². The molecule has 1 saturated carbocycles. The maximum Gasteiger partial charge on any atom is 0.225 e. The molecule has 88 valence electrons. The van der Waals surface area contributed by atoms with Crippen molar-refractivity contribution in [1.29, 1.82) is 0 Å². The average Bonchev–Trinajstić information content (AvgIpc) is 2.17. The van der Waals surface area contributed by atoms with Gasteiger partial charge in [-0.15, -0.1) is 0 Å². The summed E-state index contributed by atoms with van der Waals surface area (Å²) in [4.78, 5) is 13.5. The minimum Gasteiger partial charge on any atom is -0.349 e. The van der Waals surface area contributed by atoms with Gasteiger partial charge in [0.15, 0.2) is 0 Å². The van der Waals surface area contributed by atoms with Gasteiger partial charge in [-0.3, -0.25) is 4.79 Å². The van der Waals surface area contributed by atoms with Crippen LogP contribution in [0, 0.1) is 17.8 Å². The highest BCUT2D eigenvalue weighted by atomic mass is 16.2. The third kappa shape index (κ3) is 3.84. The lowest BCUT2D eigenvalue weighted by atomic mass is 9.78. The van der Waals surface area contributed by atoms with Gasteiger partial charge in [0.1, 0.15) is 0 Å². The summed E-state index contributed by atoms with van der Waals surface area (Å²) in [5.41, 5.74) is 0. The van der Waals surface area contributed by atoms with Crippen molar-refractivity contribution in [2.45, 2.75) is 46.0 Å². The van der Waals surface area contributed by atoms with E-state index < -0.39 is 0 Å². The van der Waals surface area contributed by atoms with Crippen LogP contribution in [0.5, 0.6) is 0 Å². The first-order chi connectivity index (χ1) is 7.00. The fraction of sp³-hybridized carbons (Fsp3) is 0.923. The molecule has 1 aliphatic carbocycles. The quantitative estimate of drug-likeness (QED) is 0.703. The van der Waals surface area contributed by atoms with Gasteiger partial charge in [-0.05, 0) is 43.9 Å². The van der Waals surface area contributed by atoms with E-state index in [2.05, 4.69) is 13.8 Å². The first kappa shape index (κ1) is 12.5. The van der Waals surface area contributed by atoms with Crippen molar-refractivity contribution in [2.24, 2.45) is 17.8 Å². The molecule has 1 fully saturated rings. The van der Waals surface area contributed by atoms with E-state index in [4.69, 9.17) is 0 Å². The molecule has 0 N–H and O–H groups in total. The Labute approximate surface area is 94.0 Å². The summed E-state index contributed by atoms with van der Waals surface area (Å²) in [5.74, 6) is 2.31. The van der Waals surface area contributed by atoms with Gasteiger partial charge < -0.3 is 4.90 Å². The lowest BCUT2D eigenvalue weighted by Crippen LogP contribution is -2.32. The predicted octanol–water partition coefficient (Wildman–Crippen LogP) is 2.93. The number of nitrogens with zero attached hydrogens (tertiary/aromatic N) is 1. The van der Waals surface area contributed by atoms with E-state index in [0.717, 1.165) is 24.7 Å². The van der Waals surface area contributed by atoms with Crippen LogP contribution in [0.3, 0.4) is 0 Å². The standard InChI is InChI=1S/C13H25NO/c1-10(2)9-11-5-7-12(8-6-11)13(15)14(3)4/h10-12H,5-9H2,1-4H3/t11-,12-. The van der Waals surface area contributed by atoms with Gasteiger partial charge >= 0.3 is 0 Å². The van der Waals surface area contributed by atoms with Crippen LogP contribution >= 0.6 is 0 Å². The Morgan fingerprint density at radius 3 is 2.13 bits per heavy atom. The molecule has 0 aromatic carbocycles. The van der Waals surface area contributed by atoms with Gasteiger partial charge in [0.25, 0.3) is 0 Å². The molecule has 0 saturated heterocycles. The summed E-state index contributed by atoms with van der Waals surface area (Å²) >= 11 is 0. The fourth-order valence-electron chi connectivity index (χ4n) is 2.68. The van der Waals surface area contributed by atoms with E-state index in [-0.39, 0.29) is 0 Å². The van der Waals surface area contributed by atoms with Gasteiger partial charge in [0, 0.05) is 20.0 Å². The van der Waals surface area contributed by atoms with Crippen LogP contribution in [0.4, 0.5) is 0 Å². The number of carbonyl (C=O) groups excluding carboxylic acids is 1. The SMILES string of the molecule is CC(C)C[C@H]1CC[C@H](C(=O)N(C)C)CC1. The van der Waals surface area contributed by atoms with Crippen molar-refractivity contribution in [3.8, 4) is 0 Å². The predicted molar refractivity (Wildman–Crippen MR) is 63.6 cm³/mol. The molecule has 0 aromatic rings. The first-order valence-corrected chi connectivity index (χ1v) is 6.22. The third-order valence-electron chi connectivity index (χ3n) is 3.44. The highest BCUT2D eigenvalue weighted by Gasteiger charge is 2.27. The average molecular weight is 211 g/mol. The van der Waals surface area contributed by atoms with Crippen LogP contribution in [0.15, 0.2) is 0 Å². The Hall–Kier alpha value is -0.530. The van der Waals surface area contributed by atoms with Gasteiger partial charge in [-0.1, -0.05) is 13.8 Å². The number of amides is 1. The zero-order valence-corrected chi connectivity index (χ0v) is 10.6. The molecular formula is C13H25NO. The lowest BCUT2D eigenvalue weighted by Gasteiger charge is -2.30. The largest absolute Gasteiger partial charge is 0.349 e. The van der Waals surface area contributed by atoms with Crippen LogP contribution in [0.1, 0.15) is 46.0 Å². The normalized spacial score (nSPS) is 26.7. The number of hydrogen-bond donors (Lipinski definition) is 0. The van der Waals surface area contributed by atoms with E-state index in [0.29, 0.717) is 11.8 Å². The molecule has 0 bridgehead atoms. The summed E-state index contributed by atoms with van der Waals surface area (Å²) in [6, 6.07) is 0. The molecule has 0 atom stereocenters. The Kier molecular flexibility index (Phi) is 4.62. The molecular weight excluding hydrogens is 186 g/mol. The highest BCUT2D eigenvalue weighted by molar-refractivity contribution is 5.78. The fourth-order valence-corrected chi connectivity index (χ4v) is 2.68. The second-order valence-corrected chi connectivity index (χ2v) is 5.58. The minimum atomic E-state index is 0.309.